The fourth-order valence-corrected chi connectivity index (χ4v) is 3.50. The molecule has 6 heteroatoms. The van der Waals surface area contributed by atoms with Crippen molar-refractivity contribution in [1.82, 2.24) is 9.13 Å². The van der Waals surface area contributed by atoms with Gasteiger partial charge in [-0.15, -0.1) is 0 Å². The summed E-state index contributed by atoms with van der Waals surface area (Å²) in [6, 6.07) is 17.2. The first-order valence-corrected chi connectivity index (χ1v) is 9.71. The molecule has 0 N–H and O–H groups in total. The summed E-state index contributed by atoms with van der Waals surface area (Å²) in [6.07, 6.45) is 0. The maximum Gasteiger partial charge on any atom is 0.336 e. The van der Waals surface area contributed by atoms with Crippen LogP contribution in [-0.4, -0.2) is 9.13 Å². The normalized spacial score (nSPS) is 10.9. The van der Waals surface area contributed by atoms with Crippen LogP contribution in [0.4, 0.5) is 8.78 Å². The molecule has 4 nitrogen and oxygen atoms in total. The summed E-state index contributed by atoms with van der Waals surface area (Å²) < 4.78 is 31.9. The molecule has 0 spiro atoms. The van der Waals surface area contributed by atoms with Crippen LogP contribution in [0, 0.1) is 23.5 Å². The lowest BCUT2D eigenvalue weighted by atomic mass is 10.1. The van der Waals surface area contributed by atoms with Gasteiger partial charge in [0.2, 0.25) is 0 Å². The number of benzene rings is 3. The van der Waals surface area contributed by atoms with Gasteiger partial charge in [-0.05, 0) is 50.2 Å². The minimum absolute atomic E-state index is 0.0978. The Balaban J connectivity index is 1.95. The first kappa shape index (κ1) is 20.3. The number of aromatic nitrogens is 2. The molecule has 0 fully saturated rings. The molecule has 0 saturated carbocycles. The van der Waals surface area contributed by atoms with Crippen LogP contribution in [0.2, 0.25) is 0 Å². The van der Waals surface area contributed by atoms with E-state index >= 15 is 0 Å². The quantitative estimate of drug-likeness (QED) is 0.455. The van der Waals surface area contributed by atoms with E-state index in [-0.39, 0.29) is 17.0 Å². The zero-order valence-electron chi connectivity index (χ0n) is 16.9. The molecule has 4 aromatic rings. The van der Waals surface area contributed by atoms with E-state index in [9.17, 15) is 18.4 Å². The molecule has 0 aliphatic rings. The molecule has 0 aliphatic carbocycles. The van der Waals surface area contributed by atoms with Gasteiger partial charge in [0, 0.05) is 17.2 Å². The zero-order chi connectivity index (χ0) is 22.1. The third-order valence-electron chi connectivity index (χ3n) is 4.88. The molecular formula is C25H18F2N2O2. The standard InChI is InChI=1S/C25H18F2N2O2/c1-16(2)28-22-11-7-6-10-19(22)24(30)29(25(28)31)23-20(26)14-18(15-21(23)27)13-12-17-8-4-3-5-9-17/h3-11,14-16H,1-2H3. The minimum atomic E-state index is -1.04. The predicted octanol–water partition coefficient (Wildman–Crippen LogP) is 4.41. The average Bonchev–Trinajstić information content (AvgIpc) is 2.74. The second kappa shape index (κ2) is 8.04. The Bertz CT molecular complexity index is 1450. The van der Waals surface area contributed by atoms with Gasteiger partial charge in [0.05, 0.1) is 10.9 Å². The number of halogens is 2. The van der Waals surface area contributed by atoms with Crippen molar-refractivity contribution < 1.29 is 8.78 Å². The number of hydrogen-bond acceptors (Lipinski definition) is 2. The summed E-state index contributed by atoms with van der Waals surface area (Å²) >= 11 is 0. The minimum Gasteiger partial charge on any atom is -0.290 e. The summed E-state index contributed by atoms with van der Waals surface area (Å²) in [5.74, 6) is 3.46. The van der Waals surface area contributed by atoms with E-state index < -0.39 is 28.6 Å². The summed E-state index contributed by atoms with van der Waals surface area (Å²) in [5.41, 5.74) is -1.09. The van der Waals surface area contributed by atoms with Crippen LogP contribution in [0.1, 0.15) is 31.0 Å². The third-order valence-corrected chi connectivity index (χ3v) is 4.88. The lowest BCUT2D eigenvalue weighted by molar-refractivity contribution is 0.536. The average molecular weight is 416 g/mol. The van der Waals surface area contributed by atoms with Crippen LogP contribution in [-0.2, 0) is 0 Å². The van der Waals surface area contributed by atoms with Crippen LogP contribution >= 0.6 is 0 Å². The summed E-state index contributed by atoms with van der Waals surface area (Å²) in [5, 5.41) is 0.197. The maximum absolute atomic E-state index is 15.0. The summed E-state index contributed by atoms with van der Waals surface area (Å²) in [6.45, 7) is 3.52. The second-order valence-corrected chi connectivity index (χ2v) is 7.31. The van der Waals surface area contributed by atoms with E-state index in [1.165, 1.54) is 10.6 Å². The van der Waals surface area contributed by atoms with Crippen molar-refractivity contribution in [2.24, 2.45) is 0 Å². The van der Waals surface area contributed by atoms with Crippen molar-refractivity contribution in [2.45, 2.75) is 19.9 Å². The largest absolute Gasteiger partial charge is 0.336 e. The predicted molar refractivity (Wildman–Crippen MR) is 117 cm³/mol. The van der Waals surface area contributed by atoms with Crippen molar-refractivity contribution in [3.8, 4) is 17.5 Å². The second-order valence-electron chi connectivity index (χ2n) is 7.31. The molecule has 1 aromatic heterocycles. The summed E-state index contributed by atoms with van der Waals surface area (Å²) in [7, 11) is 0. The van der Waals surface area contributed by atoms with Crippen molar-refractivity contribution >= 4 is 10.9 Å². The van der Waals surface area contributed by atoms with Crippen molar-refractivity contribution in [3.05, 3.63) is 110 Å². The summed E-state index contributed by atoms with van der Waals surface area (Å²) in [4.78, 5) is 26.1. The monoisotopic (exact) mass is 416 g/mol. The Labute approximate surface area is 177 Å². The van der Waals surface area contributed by atoms with E-state index in [0.29, 0.717) is 15.6 Å². The number of nitrogens with zero attached hydrogens (tertiary/aromatic N) is 2. The molecular weight excluding hydrogens is 398 g/mol. The Morgan fingerprint density at radius 1 is 0.806 bits per heavy atom. The Morgan fingerprint density at radius 2 is 1.39 bits per heavy atom. The van der Waals surface area contributed by atoms with Gasteiger partial charge in [0.25, 0.3) is 5.56 Å². The first-order chi connectivity index (χ1) is 14.9. The zero-order valence-corrected chi connectivity index (χ0v) is 16.9. The third kappa shape index (κ3) is 3.66. The van der Waals surface area contributed by atoms with Gasteiger partial charge in [-0.3, -0.25) is 9.36 Å². The van der Waals surface area contributed by atoms with Crippen LogP contribution in [0.15, 0.2) is 76.3 Å². The number of fused-ring (bicyclic) bond motifs is 1. The van der Waals surface area contributed by atoms with Crippen LogP contribution < -0.4 is 11.2 Å². The molecule has 0 saturated heterocycles. The molecule has 0 aliphatic heterocycles. The lowest BCUT2D eigenvalue weighted by Crippen LogP contribution is -2.40. The highest BCUT2D eigenvalue weighted by atomic mass is 19.1. The molecule has 0 radical (unpaired) electrons. The van der Waals surface area contributed by atoms with Crippen LogP contribution in [0.5, 0.6) is 0 Å². The fraction of sp³-hybridized carbons (Fsp3) is 0.120. The molecule has 0 unspecified atom stereocenters. The molecule has 0 atom stereocenters. The van der Waals surface area contributed by atoms with Crippen molar-refractivity contribution in [3.63, 3.8) is 0 Å². The Kier molecular flexibility index (Phi) is 5.26. The molecule has 1 heterocycles. The molecule has 31 heavy (non-hydrogen) atoms. The van der Waals surface area contributed by atoms with Gasteiger partial charge in [-0.2, -0.15) is 0 Å². The van der Waals surface area contributed by atoms with Gasteiger partial charge < -0.3 is 0 Å². The van der Waals surface area contributed by atoms with Gasteiger partial charge in [-0.1, -0.05) is 42.2 Å². The van der Waals surface area contributed by atoms with E-state index in [1.54, 1.807) is 56.3 Å². The molecule has 4 rings (SSSR count). The number of para-hydroxylation sites is 1. The highest BCUT2D eigenvalue weighted by Crippen LogP contribution is 2.20. The molecule has 0 bridgehead atoms. The van der Waals surface area contributed by atoms with Gasteiger partial charge in [0.15, 0.2) is 11.6 Å². The van der Waals surface area contributed by atoms with E-state index in [1.807, 2.05) is 6.07 Å². The fourth-order valence-electron chi connectivity index (χ4n) is 3.50. The van der Waals surface area contributed by atoms with E-state index in [2.05, 4.69) is 11.8 Å². The lowest BCUT2D eigenvalue weighted by Gasteiger charge is -2.17. The van der Waals surface area contributed by atoms with Gasteiger partial charge in [-0.25, -0.2) is 18.1 Å². The SMILES string of the molecule is CC(C)n1c(=O)n(-c2c(F)cc(C#Cc3ccccc3)cc2F)c(=O)c2ccccc21. The van der Waals surface area contributed by atoms with Gasteiger partial charge >= 0.3 is 5.69 Å². The van der Waals surface area contributed by atoms with E-state index in [0.717, 1.165) is 12.1 Å². The van der Waals surface area contributed by atoms with Crippen molar-refractivity contribution in [2.75, 3.05) is 0 Å². The van der Waals surface area contributed by atoms with E-state index in [4.69, 9.17) is 0 Å². The number of rotatable bonds is 2. The smallest absolute Gasteiger partial charge is 0.290 e. The highest BCUT2D eigenvalue weighted by Gasteiger charge is 2.21. The topological polar surface area (TPSA) is 44.0 Å². The van der Waals surface area contributed by atoms with Crippen molar-refractivity contribution in [1.29, 1.82) is 0 Å². The van der Waals surface area contributed by atoms with Crippen LogP contribution in [0.3, 0.4) is 0 Å². The maximum atomic E-state index is 15.0. The highest BCUT2D eigenvalue weighted by molar-refractivity contribution is 5.78. The number of hydrogen-bond donors (Lipinski definition) is 0. The van der Waals surface area contributed by atoms with Gasteiger partial charge in [0.1, 0.15) is 5.69 Å². The molecule has 0 amide bonds. The Morgan fingerprint density at radius 3 is 2.03 bits per heavy atom. The Hall–Kier alpha value is -3.98. The molecule has 3 aromatic carbocycles. The molecule has 154 valence electrons. The van der Waals surface area contributed by atoms with Crippen LogP contribution in [0.25, 0.3) is 16.6 Å². The first-order valence-electron chi connectivity index (χ1n) is 9.71.